The van der Waals surface area contributed by atoms with Gasteiger partial charge in [-0.05, 0) is 30.9 Å². The van der Waals surface area contributed by atoms with Gasteiger partial charge in [0.2, 0.25) is 0 Å². The Morgan fingerprint density at radius 3 is 3.04 bits per heavy atom. The molecule has 0 N–H and O–H groups in total. The molecule has 7 heteroatoms. The van der Waals surface area contributed by atoms with Gasteiger partial charge in [0.25, 0.3) is 5.56 Å². The van der Waals surface area contributed by atoms with Gasteiger partial charge < -0.3 is 9.47 Å². The molecular formula is C18H22N6O. The molecule has 1 fully saturated rings. The number of anilines is 1. The molecule has 4 heterocycles. The molecule has 25 heavy (non-hydrogen) atoms. The highest BCUT2D eigenvalue weighted by Crippen LogP contribution is 2.34. The van der Waals surface area contributed by atoms with Crippen molar-refractivity contribution in [2.24, 2.45) is 5.92 Å². The highest BCUT2D eigenvalue weighted by molar-refractivity contribution is 5.49. The molecule has 0 aromatic carbocycles. The van der Waals surface area contributed by atoms with Gasteiger partial charge >= 0.3 is 0 Å². The number of aromatic nitrogens is 5. The average molecular weight is 338 g/mol. The first-order valence-corrected chi connectivity index (χ1v) is 8.76. The first-order chi connectivity index (χ1) is 12.1. The second-order valence-corrected chi connectivity index (χ2v) is 6.97. The number of fused-ring (bicyclic) bond motifs is 1. The smallest absolute Gasteiger partial charge is 0.259 e. The Bertz CT molecular complexity index is 944. The molecule has 4 rings (SSSR count). The number of nitrogens with zero attached hydrogens (tertiary/aromatic N) is 6. The van der Waals surface area contributed by atoms with E-state index in [1.165, 1.54) is 0 Å². The van der Waals surface area contributed by atoms with E-state index in [0.29, 0.717) is 11.6 Å². The molecule has 3 aromatic heterocycles. The minimum absolute atomic E-state index is 0.0603. The molecule has 0 bridgehead atoms. The van der Waals surface area contributed by atoms with E-state index in [1.807, 2.05) is 18.2 Å². The predicted octanol–water partition coefficient (Wildman–Crippen LogP) is 2.28. The SMILES string of the molecule is CC(C)Cn1cnnc1C1CCCN1c1cc(=O)n2ccccc2n1. The largest absolute Gasteiger partial charge is 0.346 e. The molecule has 1 aliphatic rings. The van der Waals surface area contributed by atoms with Crippen LogP contribution in [0, 0.1) is 5.92 Å². The van der Waals surface area contributed by atoms with Gasteiger partial charge in [0.15, 0.2) is 5.82 Å². The third-order valence-corrected chi connectivity index (χ3v) is 4.61. The first-order valence-electron chi connectivity index (χ1n) is 8.76. The minimum Gasteiger partial charge on any atom is -0.346 e. The maximum absolute atomic E-state index is 12.4. The molecule has 0 aliphatic carbocycles. The Morgan fingerprint density at radius 2 is 2.20 bits per heavy atom. The highest BCUT2D eigenvalue weighted by atomic mass is 16.1. The van der Waals surface area contributed by atoms with Crippen LogP contribution in [-0.4, -0.2) is 30.7 Å². The van der Waals surface area contributed by atoms with Crippen molar-refractivity contribution in [2.45, 2.75) is 39.3 Å². The molecule has 0 radical (unpaired) electrons. The van der Waals surface area contributed by atoms with Crippen LogP contribution in [0.4, 0.5) is 5.82 Å². The zero-order valence-electron chi connectivity index (χ0n) is 14.5. The van der Waals surface area contributed by atoms with E-state index >= 15 is 0 Å². The van der Waals surface area contributed by atoms with Crippen molar-refractivity contribution < 1.29 is 0 Å². The van der Waals surface area contributed by atoms with Crippen LogP contribution >= 0.6 is 0 Å². The van der Waals surface area contributed by atoms with Crippen molar-refractivity contribution in [3.05, 3.63) is 53.0 Å². The maximum Gasteiger partial charge on any atom is 0.259 e. The van der Waals surface area contributed by atoms with Crippen LogP contribution in [0.1, 0.15) is 38.6 Å². The summed E-state index contributed by atoms with van der Waals surface area (Å²) in [5.41, 5.74) is 0.606. The summed E-state index contributed by atoms with van der Waals surface area (Å²) in [4.78, 5) is 19.3. The summed E-state index contributed by atoms with van der Waals surface area (Å²) in [6.45, 7) is 6.12. The second-order valence-electron chi connectivity index (χ2n) is 6.97. The summed E-state index contributed by atoms with van der Waals surface area (Å²) in [5.74, 6) is 2.20. The fourth-order valence-electron chi connectivity index (χ4n) is 3.55. The van der Waals surface area contributed by atoms with Crippen LogP contribution in [0.3, 0.4) is 0 Å². The lowest BCUT2D eigenvalue weighted by molar-refractivity contribution is 0.487. The normalized spacial score (nSPS) is 17.7. The number of rotatable bonds is 4. The molecule has 0 amide bonds. The molecule has 130 valence electrons. The lowest BCUT2D eigenvalue weighted by atomic mass is 10.2. The van der Waals surface area contributed by atoms with E-state index in [4.69, 9.17) is 4.98 Å². The third-order valence-electron chi connectivity index (χ3n) is 4.61. The highest BCUT2D eigenvalue weighted by Gasteiger charge is 2.31. The van der Waals surface area contributed by atoms with E-state index < -0.39 is 0 Å². The number of pyridine rings is 1. The molecule has 3 aromatic rings. The topological polar surface area (TPSA) is 68.3 Å². The number of hydrogen-bond acceptors (Lipinski definition) is 5. The van der Waals surface area contributed by atoms with Crippen molar-refractivity contribution in [1.82, 2.24) is 24.1 Å². The van der Waals surface area contributed by atoms with Gasteiger partial charge in [-0.15, -0.1) is 10.2 Å². The van der Waals surface area contributed by atoms with Crippen molar-refractivity contribution in [3.8, 4) is 0 Å². The minimum atomic E-state index is -0.0603. The Kier molecular flexibility index (Phi) is 3.99. The van der Waals surface area contributed by atoms with Gasteiger partial charge in [0.1, 0.15) is 17.8 Å². The van der Waals surface area contributed by atoms with Gasteiger partial charge in [-0.3, -0.25) is 9.20 Å². The molecular weight excluding hydrogens is 316 g/mol. The lowest BCUT2D eigenvalue weighted by Gasteiger charge is -2.25. The van der Waals surface area contributed by atoms with Gasteiger partial charge in [0, 0.05) is 25.4 Å². The predicted molar refractivity (Wildman–Crippen MR) is 95.6 cm³/mol. The van der Waals surface area contributed by atoms with Crippen molar-refractivity contribution >= 4 is 11.5 Å². The summed E-state index contributed by atoms with van der Waals surface area (Å²) < 4.78 is 3.69. The van der Waals surface area contributed by atoms with E-state index in [1.54, 1.807) is 23.0 Å². The van der Waals surface area contributed by atoms with Gasteiger partial charge in [0.05, 0.1) is 6.04 Å². The van der Waals surface area contributed by atoms with E-state index in [-0.39, 0.29) is 11.6 Å². The van der Waals surface area contributed by atoms with E-state index in [9.17, 15) is 4.79 Å². The van der Waals surface area contributed by atoms with Gasteiger partial charge in [-0.25, -0.2) is 4.98 Å². The molecule has 1 unspecified atom stereocenters. The summed E-state index contributed by atoms with van der Waals surface area (Å²) in [6, 6.07) is 7.32. The van der Waals surface area contributed by atoms with Crippen LogP contribution in [0.5, 0.6) is 0 Å². The van der Waals surface area contributed by atoms with Crippen LogP contribution in [0.25, 0.3) is 5.65 Å². The van der Waals surface area contributed by atoms with Crippen molar-refractivity contribution in [2.75, 3.05) is 11.4 Å². The third kappa shape index (κ3) is 2.90. The van der Waals surface area contributed by atoms with Crippen LogP contribution < -0.4 is 10.5 Å². The molecule has 0 spiro atoms. The maximum atomic E-state index is 12.4. The molecule has 7 nitrogen and oxygen atoms in total. The molecule has 1 atom stereocenters. The molecule has 1 saturated heterocycles. The Balaban J connectivity index is 1.73. The Labute approximate surface area is 145 Å². The van der Waals surface area contributed by atoms with Crippen molar-refractivity contribution in [3.63, 3.8) is 0 Å². The molecule has 0 saturated carbocycles. The Hall–Kier alpha value is -2.70. The standard InChI is InChI=1S/C18H22N6O/c1-13(2)11-22-12-19-21-18(22)14-6-5-9-23(14)16-10-17(25)24-8-4-3-7-15(24)20-16/h3-4,7-8,10,12-14H,5-6,9,11H2,1-2H3. The monoisotopic (exact) mass is 338 g/mol. The van der Waals surface area contributed by atoms with Crippen LogP contribution in [-0.2, 0) is 6.54 Å². The number of hydrogen-bond donors (Lipinski definition) is 0. The molecule has 1 aliphatic heterocycles. The zero-order chi connectivity index (χ0) is 17.4. The fourth-order valence-corrected chi connectivity index (χ4v) is 3.55. The van der Waals surface area contributed by atoms with Crippen LogP contribution in [0.2, 0.25) is 0 Å². The Morgan fingerprint density at radius 1 is 1.32 bits per heavy atom. The summed E-state index contributed by atoms with van der Waals surface area (Å²) in [6.07, 6.45) is 5.59. The quantitative estimate of drug-likeness (QED) is 0.730. The summed E-state index contributed by atoms with van der Waals surface area (Å²) in [7, 11) is 0. The second kappa shape index (κ2) is 6.31. The van der Waals surface area contributed by atoms with Gasteiger partial charge in [-0.2, -0.15) is 0 Å². The van der Waals surface area contributed by atoms with Crippen LogP contribution in [0.15, 0.2) is 41.6 Å². The zero-order valence-corrected chi connectivity index (χ0v) is 14.5. The fraction of sp³-hybridized carbons (Fsp3) is 0.444. The first kappa shape index (κ1) is 15.8. The van der Waals surface area contributed by atoms with Gasteiger partial charge in [-0.1, -0.05) is 19.9 Å². The van der Waals surface area contributed by atoms with E-state index in [2.05, 4.69) is 33.5 Å². The summed E-state index contributed by atoms with van der Waals surface area (Å²) in [5, 5.41) is 8.49. The van der Waals surface area contributed by atoms with E-state index in [0.717, 1.165) is 37.6 Å². The lowest BCUT2D eigenvalue weighted by Crippen LogP contribution is -2.28. The van der Waals surface area contributed by atoms with Crippen molar-refractivity contribution in [1.29, 1.82) is 0 Å². The average Bonchev–Trinajstić information content (AvgIpc) is 3.23. The summed E-state index contributed by atoms with van der Waals surface area (Å²) >= 11 is 0.